The van der Waals surface area contributed by atoms with Gasteiger partial charge in [0.2, 0.25) is 0 Å². The molecule has 1 rings (SSSR count). The molecule has 0 aromatic carbocycles. The zero-order valence-electron chi connectivity index (χ0n) is 7.91. The molecule has 3 heteroatoms. The Morgan fingerprint density at radius 3 is 2.00 bits per heavy atom. The fourth-order valence-electron chi connectivity index (χ4n) is 0.401. The Balaban J connectivity index is 0. The Hall–Kier alpha value is 0.530. The topological polar surface area (TPSA) is 0 Å². The van der Waals surface area contributed by atoms with E-state index < -0.39 is 0 Å². The molecule has 12 heavy (non-hydrogen) atoms. The van der Waals surface area contributed by atoms with Crippen molar-refractivity contribution in [3.63, 3.8) is 0 Å². The number of hydrogen-bond acceptors (Lipinski definition) is 3. The molecule has 0 N–H and O–H groups in total. The first kappa shape index (κ1) is 15.0. The van der Waals surface area contributed by atoms with Crippen LogP contribution in [0.3, 0.4) is 0 Å². The van der Waals surface area contributed by atoms with Crippen LogP contribution in [0.25, 0.3) is 0 Å². The van der Waals surface area contributed by atoms with Crippen LogP contribution in [-0.4, -0.2) is 17.3 Å². The van der Waals surface area contributed by atoms with E-state index in [1.807, 2.05) is 33.3 Å². The third-order valence-corrected chi connectivity index (χ3v) is 3.53. The lowest BCUT2D eigenvalue weighted by molar-refractivity contribution is 1.46. The largest absolute Gasteiger partial charge is 0.163 e. The standard InChI is InChI=1S/C4H10S.C3H4S2.C2H4/c1-3-5-4-2;1-2-4-5-3-1;1-2/h3-4H2,1-2H3;1-2H,3H2;1-2H2. The lowest BCUT2D eigenvalue weighted by Crippen LogP contribution is -1.64. The summed E-state index contributed by atoms with van der Waals surface area (Å²) in [4.78, 5) is 0. The summed E-state index contributed by atoms with van der Waals surface area (Å²) in [6, 6.07) is 0. The molecule has 0 radical (unpaired) electrons. The molecule has 0 bridgehead atoms. The van der Waals surface area contributed by atoms with E-state index >= 15 is 0 Å². The Morgan fingerprint density at radius 1 is 1.33 bits per heavy atom. The molecule has 0 atom stereocenters. The molecular formula is C9H18S3. The highest BCUT2D eigenvalue weighted by atomic mass is 33.1. The quantitative estimate of drug-likeness (QED) is 0.500. The first-order chi connectivity index (χ1) is 5.91. The summed E-state index contributed by atoms with van der Waals surface area (Å²) >= 11 is 1.96. The van der Waals surface area contributed by atoms with Crippen molar-refractivity contribution in [2.24, 2.45) is 0 Å². The van der Waals surface area contributed by atoms with Crippen molar-refractivity contribution >= 4 is 33.3 Å². The fourth-order valence-corrected chi connectivity index (χ4v) is 2.38. The minimum Gasteiger partial charge on any atom is -0.163 e. The van der Waals surface area contributed by atoms with E-state index in [2.05, 4.69) is 38.5 Å². The van der Waals surface area contributed by atoms with Crippen molar-refractivity contribution in [1.82, 2.24) is 0 Å². The third-order valence-electron chi connectivity index (χ3n) is 0.792. The highest BCUT2D eigenvalue weighted by molar-refractivity contribution is 8.78. The van der Waals surface area contributed by atoms with Crippen LogP contribution in [0.1, 0.15) is 13.8 Å². The molecule has 0 saturated heterocycles. The molecule has 0 amide bonds. The first-order valence-electron chi connectivity index (χ1n) is 3.92. The molecule has 1 aliphatic heterocycles. The lowest BCUT2D eigenvalue weighted by Gasteiger charge is -1.80. The predicted molar refractivity (Wildman–Crippen MR) is 69.1 cm³/mol. The van der Waals surface area contributed by atoms with Crippen LogP contribution in [-0.2, 0) is 0 Å². The summed E-state index contributed by atoms with van der Waals surface area (Å²) in [5.74, 6) is 3.72. The van der Waals surface area contributed by atoms with E-state index in [4.69, 9.17) is 0 Å². The maximum Gasteiger partial charge on any atom is 0.0229 e. The maximum atomic E-state index is 3.00. The molecule has 0 spiro atoms. The molecular weight excluding hydrogens is 204 g/mol. The Bertz CT molecular complexity index is 83.8. The summed E-state index contributed by atoms with van der Waals surface area (Å²) in [6.07, 6.45) is 2.16. The van der Waals surface area contributed by atoms with E-state index in [9.17, 15) is 0 Å². The van der Waals surface area contributed by atoms with Gasteiger partial charge in [0.25, 0.3) is 0 Å². The SMILES string of the molecule is C1=CSSC1.C=C.CCSCC. The van der Waals surface area contributed by atoms with Gasteiger partial charge in [-0.05, 0) is 16.9 Å². The molecule has 1 aliphatic rings. The van der Waals surface area contributed by atoms with Gasteiger partial charge in [0.1, 0.15) is 0 Å². The monoisotopic (exact) mass is 222 g/mol. The van der Waals surface area contributed by atoms with Gasteiger partial charge in [-0.25, -0.2) is 0 Å². The van der Waals surface area contributed by atoms with Crippen molar-refractivity contribution < 1.29 is 0 Å². The Labute approximate surface area is 89.1 Å². The fraction of sp³-hybridized carbons (Fsp3) is 0.556. The van der Waals surface area contributed by atoms with Gasteiger partial charge < -0.3 is 0 Å². The molecule has 0 fully saturated rings. The van der Waals surface area contributed by atoms with E-state index in [1.54, 1.807) is 0 Å². The zero-order chi connectivity index (χ0) is 9.66. The predicted octanol–water partition coefficient (Wildman–Crippen LogP) is 4.46. The summed E-state index contributed by atoms with van der Waals surface area (Å²) in [7, 11) is 3.69. The van der Waals surface area contributed by atoms with Gasteiger partial charge in [0.05, 0.1) is 0 Å². The molecule has 0 unspecified atom stereocenters. The summed E-state index contributed by atoms with van der Waals surface area (Å²) < 4.78 is 0. The number of rotatable bonds is 2. The van der Waals surface area contributed by atoms with Gasteiger partial charge in [-0.15, -0.1) is 13.2 Å². The van der Waals surface area contributed by atoms with Crippen molar-refractivity contribution in [2.75, 3.05) is 17.3 Å². The van der Waals surface area contributed by atoms with E-state index in [0.29, 0.717) is 0 Å². The van der Waals surface area contributed by atoms with Gasteiger partial charge in [0.15, 0.2) is 0 Å². The minimum atomic E-state index is 1.20. The highest BCUT2D eigenvalue weighted by Crippen LogP contribution is 2.27. The maximum absolute atomic E-state index is 3.00. The smallest absolute Gasteiger partial charge is 0.0229 e. The summed E-state index contributed by atoms with van der Waals surface area (Å²) in [6.45, 7) is 10.3. The molecule has 72 valence electrons. The third kappa shape index (κ3) is 16.9. The van der Waals surface area contributed by atoms with Crippen LogP contribution in [0, 0.1) is 0 Å². The highest BCUT2D eigenvalue weighted by Gasteiger charge is 1.85. The number of thioether (sulfide) groups is 1. The van der Waals surface area contributed by atoms with Gasteiger partial charge in [-0.2, -0.15) is 11.8 Å². The summed E-state index contributed by atoms with van der Waals surface area (Å²) in [5.41, 5.74) is 0. The van der Waals surface area contributed by atoms with Crippen LogP contribution in [0.4, 0.5) is 0 Å². The van der Waals surface area contributed by atoms with Crippen molar-refractivity contribution in [2.45, 2.75) is 13.8 Å². The molecule has 0 saturated carbocycles. The van der Waals surface area contributed by atoms with E-state index in [1.165, 1.54) is 17.3 Å². The van der Waals surface area contributed by atoms with E-state index in [-0.39, 0.29) is 0 Å². The van der Waals surface area contributed by atoms with Crippen LogP contribution in [0.15, 0.2) is 24.6 Å². The van der Waals surface area contributed by atoms with Crippen LogP contribution >= 0.6 is 33.3 Å². The van der Waals surface area contributed by atoms with Gasteiger partial charge in [-0.3, -0.25) is 0 Å². The van der Waals surface area contributed by atoms with Gasteiger partial charge >= 0.3 is 0 Å². The van der Waals surface area contributed by atoms with Crippen molar-refractivity contribution in [3.8, 4) is 0 Å². The van der Waals surface area contributed by atoms with Crippen molar-refractivity contribution in [1.29, 1.82) is 0 Å². The van der Waals surface area contributed by atoms with Gasteiger partial charge in [-0.1, -0.05) is 41.5 Å². The average Bonchev–Trinajstić information content (AvgIpc) is 2.67. The molecule has 1 heterocycles. The molecule has 0 aliphatic carbocycles. The first-order valence-corrected chi connectivity index (χ1v) is 7.46. The second-order valence-electron chi connectivity index (χ2n) is 1.53. The molecule has 0 aromatic rings. The zero-order valence-corrected chi connectivity index (χ0v) is 10.4. The average molecular weight is 222 g/mol. The van der Waals surface area contributed by atoms with Gasteiger partial charge in [0, 0.05) is 5.75 Å². The van der Waals surface area contributed by atoms with Crippen LogP contribution < -0.4 is 0 Å². The Morgan fingerprint density at radius 2 is 1.92 bits per heavy atom. The normalized spacial score (nSPS) is 12.5. The Kier molecular flexibility index (Phi) is 22.0. The minimum absolute atomic E-state index is 1.20. The van der Waals surface area contributed by atoms with Crippen molar-refractivity contribution in [3.05, 3.63) is 24.6 Å². The van der Waals surface area contributed by atoms with E-state index in [0.717, 1.165) is 0 Å². The van der Waals surface area contributed by atoms with Crippen LogP contribution in [0.5, 0.6) is 0 Å². The second-order valence-corrected chi connectivity index (χ2v) is 5.42. The summed E-state index contributed by atoms with van der Waals surface area (Å²) in [5, 5.41) is 2.12. The second kappa shape index (κ2) is 17.6. The molecule has 0 aromatic heterocycles. The van der Waals surface area contributed by atoms with Crippen LogP contribution in [0.2, 0.25) is 0 Å². The lowest BCUT2D eigenvalue weighted by atomic mass is 10.8. The molecule has 0 nitrogen and oxygen atoms in total. The number of hydrogen-bond donors (Lipinski definition) is 0.